The molecule has 2 rings (SSSR count). The summed E-state index contributed by atoms with van der Waals surface area (Å²) in [5.41, 5.74) is -3.69. The zero-order chi connectivity index (χ0) is 15.5. The van der Waals surface area contributed by atoms with Gasteiger partial charge in [-0.3, -0.25) is 5.32 Å². The number of hydrogen-bond donors (Lipinski definition) is 1. The van der Waals surface area contributed by atoms with Crippen LogP contribution < -0.4 is 5.32 Å². The molecule has 1 aromatic rings. The molecule has 3 nitrogen and oxygen atoms in total. The molecule has 1 N–H and O–H groups in total. The minimum Gasteiger partial charge on any atom is -0.465 e. The molecule has 1 aromatic carbocycles. The van der Waals surface area contributed by atoms with Crippen LogP contribution in [0.25, 0.3) is 0 Å². The SMILES string of the molecule is CCOC(=O)C(NC1CC1)c1ccc(SC(F)(F)F)cc1. The Labute approximate surface area is 125 Å². The second kappa shape index (κ2) is 6.70. The van der Waals surface area contributed by atoms with E-state index in [2.05, 4.69) is 5.32 Å². The van der Waals surface area contributed by atoms with Gasteiger partial charge in [-0.05, 0) is 49.2 Å². The van der Waals surface area contributed by atoms with Gasteiger partial charge in [-0.15, -0.1) is 0 Å². The van der Waals surface area contributed by atoms with Crippen molar-refractivity contribution in [1.29, 1.82) is 0 Å². The van der Waals surface area contributed by atoms with Gasteiger partial charge in [0.2, 0.25) is 0 Å². The number of nitrogens with one attached hydrogen (secondary N) is 1. The van der Waals surface area contributed by atoms with Gasteiger partial charge in [-0.25, -0.2) is 4.79 Å². The van der Waals surface area contributed by atoms with E-state index in [9.17, 15) is 18.0 Å². The third kappa shape index (κ3) is 5.24. The number of ether oxygens (including phenoxy) is 1. The minimum absolute atomic E-state index is 0.0975. The van der Waals surface area contributed by atoms with Crippen molar-refractivity contribution in [2.75, 3.05) is 6.61 Å². The maximum absolute atomic E-state index is 12.3. The van der Waals surface area contributed by atoms with Crippen molar-refractivity contribution >= 4 is 17.7 Å². The van der Waals surface area contributed by atoms with E-state index >= 15 is 0 Å². The van der Waals surface area contributed by atoms with Crippen LogP contribution in [0, 0.1) is 0 Å². The summed E-state index contributed by atoms with van der Waals surface area (Å²) in [5, 5.41) is 3.16. The molecule has 0 heterocycles. The van der Waals surface area contributed by atoms with Crippen LogP contribution in [0.4, 0.5) is 13.2 Å². The largest absolute Gasteiger partial charge is 0.465 e. The van der Waals surface area contributed by atoms with Gasteiger partial charge in [0.25, 0.3) is 0 Å². The molecule has 0 radical (unpaired) electrons. The van der Waals surface area contributed by atoms with E-state index < -0.39 is 17.5 Å². The number of alkyl halides is 3. The van der Waals surface area contributed by atoms with Gasteiger partial charge in [0, 0.05) is 10.9 Å². The molecule has 1 unspecified atom stereocenters. The maximum Gasteiger partial charge on any atom is 0.446 e. The molecule has 1 atom stereocenters. The van der Waals surface area contributed by atoms with Crippen LogP contribution in [0.2, 0.25) is 0 Å². The van der Waals surface area contributed by atoms with Crippen molar-refractivity contribution in [1.82, 2.24) is 5.32 Å². The molecule has 0 spiro atoms. The molecular formula is C14H16F3NO2S. The average molecular weight is 319 g/mol. The van der Waals surface area contributed by atoms with Crippen molar-refractivity contribution < 1.29 is 22.7 Å². The summed E-state index contributed by atoms with van der Waals surface area (Å²) < 4.78 is 41.9. The Balaban J connectivity index is 2.10. The quantitative estimate of drug-likeness (QED) is 0.641. The number of rotatable bonds is 6. The van der Waals surface area contributed by atoms with E-state index in [0.29, 0.717) is 5.56 Å². The molecule has 0 bridgehead atoms. The van der Waals surface area contributed by atoms with Crippen molar-refractivity contribution in [3.63, 3.8) is 0 Å². The Kier molecular flexibility index (Phi) is 5.16. The number of benzene rings is 1. The zero-order valence-electron chi connectivity index (χ0n) is 11.4. The zero-order valence-corrected chi connectivity index (χ0v) is 12.3. The molecule has 0 amide bonds. The molecule has 0 saturated heterocycles. The highest BCUT2D eigenvalue weighted by atomic mass is 32.2. The number of carbonyl (C=O) groups excluding carboxylic acids is 1. The van der Waals surface area contributed by atoms with Crippen LogP contribution >= 0.6 is 11.8 Å². The standard InChI is InChI=1S/C14H16F3NO2S/c1-2-20-13(19)12(18-10-5-6-10)9-3-7-11(8-4-9)21-14(15,16)17/h3-4,7-8,10,12,18H,2,5-6H2,1H3. The second-order valence-corrected chi connectivity index (χ2v) is 5.88. The smallest absolute Gasteiger partial charge is 0.446 e. The van der Waals surface area contributed by atoms with E-state index in [0.717, 1.165) is 12.8 Å². The van der Waals surface area contributed by atoms with Crippen molar-refractivity contribution in [3.05, 3.63) is 29.8 Å². The van der Waals surface area contributed by atoms with Crippen LogP contribution in [-0.4, -0.2) is 24.1 Å². The van der Waals surface area contributed by atoms with Gasteiger partial charge < -0.3 is 4.74 Å². The Morgan fingerprint density at radius 2 is 2.00 bits per heavy atom. The molecule has 21 heavy (non-hydrogen) atoms. The van der Waals surface area contributed by atoms with E-state index in [1.165, 1.54) is 24.3 Å². The van der Waals surface area contributed by atoms with Gasteiger partial charge in [0.15, 0.2) is 0 Å². The van der Waals surface area contributed by atoms with Gasteiger partial charge in [-0.2, -0.15) is 13.2 Å². The highest BCUT2D eigenvalue weighted by Crippen LogP contribution is 2.37. The lowest BCUT2D eigenvalue weighted by Gasteiger charge is -2.17. The number of carbonyl (C=O) groups is 1. The maximum atomic E-state index is 12.3. The fourth-order valence-electron chi connectivity index (χ4n) is 1.87. The third-order valence-corrected chi connectivity index (χ3v) is 3.69. The highest BCUT2D eigenvalue weighted by Gasteiger charge is 2.31. The highest BCUT2D eigenvalue weighted by molar-refractivity contribution is 8.00. The summed E-state index contributed by atoms with van der Waals surface area (Å²) in [4.78, 5) is 12.0. The lowest BCUT2D eigenvalue weighted by atomic mass is 10.1. The molecule has 0 aliphatic heterocycles. The molecule has 1 aliphatic rings. The second-order valence-electron chi connectivity index (χ2n) is 4.74. The Morgan fingerprint density at radius 3 is 2.48 bits per heavy atom. The fourth-order valence-corrected chi connectivity index (χ4v) is 2.41. The van der Waals surface area contributed by atoms with Gasteiger partial charge in [0.1, 0.15) is 6.04 Å². The van der Waals surface area contributed by atoms with Crippen LogP contribution in [-0.2, 0) is 9.53 Å². The Morgan fingerprint density at radius 1 is 1.38 bits per heavy atom. The van der Waals surface area contributed by atoms with Gasteiger partial charge in [-0.1, -0.05) is 12.1 Å². The number of thioether (sulfide) groups is 1. The lowest BCUT2D eigenvalue weighted by Crippen LogP contribution is -2.31. The van der Waals surface area contributed by atoms with Crippen molar-refractivity contribution in [2.45, 2.75) is 42.3 Å². The number of halogens is 3. The Bertz CT molecular complexity index is 486. The Hall–Kier alpha value is -1.21. The third-order valence-electron chi connectivity index (χ3n) is 2.95. The van der Waals surface area contributed by atoms with E-state index in [1.54, 1.807) is 6.92 Å². The van der Waals surface area contributed by atoms with E-state index in [-0.39, 0.29) is 29.3 Å². The molecule has 116 valence electrons. The average Bonchev–Trinajstić information content (AvgIpc) is 3.19. The van der Waals surface area contributed by atoms with Gasteiger partial charge >= 0.3 is 11.5 Å². The number of hydrogen-bond acceptors (Lipinski definition) is 4. The summed E-state index contributed by atoms with van der Waals surface area (Å²) in [6, 6.07) is 5.46. The van der Waals surface area contributed by atoms with Crippen LogP contribution in [0.5, 0.6) is 0 Å². The molecule has 1 aliphatic carbocycles. The predicted molar refractivity (Wildman–Crippen MR) is 73.9 cm³/mol. The molecule has 1 fully saturated rings. The fraction of sp³-hybridized carbons (Fsp3) is 0.500. The summed E-state index contributed by atoms with van der Waals surface area (Å²) in [7, 11) is 0. The predicted octanol–water partition coefficient (Wildman–Crippen LogP) is 3.65. The minimum atomic E-state index is -4.31. The van der Waals surface area contributed by atoms with Crippen LogP contribution in [0.3, 0.4) is 0 Å². The molecular weight excluding hydrogens is 303 g/mol. The normalized spacial score (nSPS) is 16.6. The van der Waals surface area contributed by atoms with Crippen molar-refractivity contribution in [2.24, 2.45) is 0 Å². The summed E-state index contributed by atoms with van der Waals surface area (Å²) >= 11 is -0.171. The van der Waals surface area contributed by atoms with E-state index in [4.69, 9.17) is 4.74 Å². The number of esters is 1. The lowest BCUT2D eigenvalue weighted by molar-refractivity contribution is -0.145. The molecule has 0 aromatic heterocycles. The van der Waals surface area contributed by atoms with E-state index in [1.807, 2.05) is 0 Å². The molecule has 7 heteroatoms. The molecule has 1 saturated carbocycles. The first-order chi connectivity index (χ1) is 9.89. The summed E-state index contributed by atoms with van der Waals surface area (Å²) in [6.45, 7) is 1.98. The van der Waals surface area contributed by atoms with Gasteiger partial charge in [0.05, 0.1) is 6.61 Å². The van der Waals surface area contributed by atoms with Crippen molar-refractivity contribution in [3.8, 4) is 0 Å². The monoisotopic (exact) mass is 319 g/mol. The summed E-state index contributed by atoms with van der Waals surface area (Å²) in [5.74, 6) is -0.402. The van der Waals surface area contributed by atoms with Crippen LogP contribution in [0.1, 0.15) is 31.4 Å². The first-order valence-electron chi connectivity index (χ1n) is 6.67. The summed E-state index contributed by atoms with van der Waals surface area (Å²) in [6.07, 6.45) is 2.00. The topological polar surface area (TPSA) is 38.3 Å². The van der Waals surface area contributed by atoms with Crippen LogP contribution in [0.15, 0.2) is 29.2 Å². The first kappa shape index (κ1) is 16.2. The first-order valence-corrected chi connectivity index (χ1v) is 7.49.